The van der Waals surface area contributed by atoms with Crippen molar-refractivity contribution in [3.05, 3.63) is 33.9 Å². The number of anilines is 1. The molecule has 0 heterocycles. The SMILES string of the molecule is CN(CCC(F)(F)F)c1ccc([N+](=O)[O-])cc1CO. The minimum Gasteiger partial charge on any atom is -0.392 e. The van der Waals surface area contributed by atoms with Gasteiger partial charge in [-0.15, -0.1) is 0 Å². The highest BCUT2D eigenvalue weighted by Gasteiger charge is 2.27. The molecule has 0 aliphatic rings. The number of nitrogens with zero attached hydrogens (tertiary/aromatic N) is 2. The fourth-order valence-electron chi connectivity index (χ4n) is 1.60. The average Bonchev–Trinajstić information content (AvgIpc) is 2.34. The van der Waals surface area contributed by atoms with Gasteiger partial charge in [-0.3, -0.25) is 10.1 Å². The lowest BCUT2D eigenvalue weighted by Crippen LogP contribution is -2.25. The van der Waals surface area contributed by atoms with Crippen LogP contribution in [0.5, 0.6) is 0 Å². The van der Waals surface area contributed by atoms with Crippen molar-refractivity contribution in [3.63, 3.8) is 0 Å². The maximum Gasteiger partial charge on any atom is 0.390 e. The van der Waals surface area contributed by atoms with Crippen LogP contribution in [0.15, 0.2) is 18.2 Å². The summed E-state index contributed by atoms with van der Waals surface area (Å²) in [5, 5.41) is 19.7. The van der Waals surface area contributed by atoms with Crippen LogP contribution in [0.3, 0.4) is 0 Å². The van der Waals surface area contributed by atoms with Gasteiger partial charge in [-0.25, -0.2) is 0 Å². The first-order chi connectivity index (χ1) is 8.74. The lowest BCUT2D eigenvalue weighted by atomic mass is 10.1. The monoisotopic (exact) mass is 278 g/mol. The summed E-state index contributed by atoms with van der Waals surface area (Å²) < 4.78 is 36.4. The highest BCUT2D eigenvalue weighted by Crippen LogP contribution is 2.27. The van der Waals surface area contributed by atoms with Crippen LogP contribution in [-0.2, 0) is 6.61 Å². The van der Waals surface area contributed by atoms with E-state index in [1.807, 2.05) is 0 Å². The fraction of sp³-hybridized carbons (Fsp3) is 0.455. The number of non-ortho nitro benzene ring substituents is 1. The second kappa shape index (κ2) is 5.87. The van der Waals surface area contributed by atoms with Crippen LogP contribution < -0.4 is 4.90 Å². The van der Waals surface area contributed by atoms with Crippen molar-refractivity contribution in [2.75, 3.05) is 18.5 Å². The predicted molar refractivity (Wildman–Crippen MR) is 63.0 cm³/mol. The normalized spacial score (nSPS) is 11.4. The third-order valence-electron chi connectivity index (χ3n) is 2.59. The maximum atomic E-state index is 12.1. The summed E-state index contributed by atoms with van der Waals surface area (Å²) >= 11 is 0. The van der Waals surface area contributed by atoms with Gasteiger partial charge in [0.1, 0.15) is 0 Å². The number of aliphatic hydroxyl groups is 1. The molecule has 0 amide bonds. The molecule has 1 aromatic rings. The Labute approximate surface area is 107 Å². The van der Waals surface area contributed by atoms with Gasteiger partial charge in [-0.2, -0.15) is 13.2 Å². The second-order valence-corrected chi connectivity index (χ2v) is 4.01. The minimum absolute atomic E-state index is 0.211. The van der Waals surface area contributed by atoms with Gasteiger partial charge in [-0.1, -0.05) is 0 Å². The number of benzene rings is 1. The third-order valence-corrected chi connectivity index (χ3v) is 2.59. The molecule has 0 aliphatic heterocycles. The number of halogens is 3. The number of nitro groups is 1. The Hall–Kier alpha value is -1.83. The zero-order valence-corrected chi connectivity index (χ0v) is 10.1. The molecule has 0 unspecified atom stereocenters. The Morgan fingerprint density at radius 1 is 1.42 bits per heavy atom. The van der Waals surface area contributed by atoms with E-state index in [4.69, 9.17) is 5.11 Å². The fourth-order valence-corrected chi connectivity index (χ4v) is 1.60. The Kier molecular flexibility index (Phi) is 4.71. The van der Waals surface area contributed by atoms with Crippen LogP contribution in [0.25, 0.3) is 0 Å². The van der Waals surface area contributed by atoms with E-state index in [-0.39, 0.29) is 17.8 Å². The highest BCUT2D eigenvalue weighted by atomic mass is 19.4. The number of nitro benzene ring substituents is 1. The second-order valence-electron chi connectivity index (χ2n) is 4.01. The number of aliphatic hydroxyl groups excluding tert-OH is 1. The molecule has 19 heavy (non-hydrogen) atoms. The summed E-state index contributed by atoms with van der Waals surface area (Å²) in [5.74, 6) is 0. The van der Waals surface area contributed by atoms with Crippen LogP contribution in [0.2, 0.25) is 0 Å². The van der Waals surface area contributed by atoms with Gasteiger partial charge >= 0.3 is 6.18 Å². The molecule has 0 aliphatic carbocycles. The molecule has 0 atom stereocenters. The van der Waals surface area contributed by atoms with Crippen LogP contribution in [0.4, 0.5) is 24.5 Å². The van der Waals surface area contributed by atoms with E-state index in [2.05, 4.69) is 0 Å². The van der Waals surface area contributed by atoms with Crippen LogP contribution in [-0.4, -0.2) is 29.8 Å². The molecule has 0 fully saturated rings. The van der Waals surface area contributed by atoms with Crippen molar-refractivity contribution in [1.29, 1.82) is 0 Å². The number of alkyl halides is 3. The summed E-state index contributed by atoms with van der Waals surface area (Å²) in [7, 11) is 1.44. The van der Waals surface area contributed by atoms with Crippen LogP contribution in [0, 0.1) is 10.1 Å². The van der Waals surface area contributed by atoms with Crippen molar-refractivity contribution in [2.45, 2.75) is 19.2 Å². The summed E-state index contributed by atoms with van der Waals surface area (Å²) in [6, 6.07) is 3.68. The lowest BCUT2D eigenvalue weighted by molar-refractivity contribution is -0.384. The molecule has 0 saturated heterocycles. The van der Waals surface area contributed by atoms with Gasteiger partial charge in [-0.05, 0) is 6.07 Å². The van der Waals surface area contributed by atoms with E-state index >= 15 is 0 Å². The summed E-state index contributed by atoms with van der Waals surface area (Å²) in [6.45, 7) is -0.762. The summed E-state index contributed by atoms with van der Waals surface area (Å²) in [6.07, 6.45) is -5.26. The molecule has 1 aromatic carbocycles. The van der Waals surface area contributed by atoms with E-state index < -0.39 is 24.1 Å². The minimum atomic E-state index is -4.27. The van der Waals surface area contributed by atoms with Gasteiger partial charge in [0.2, 0.25) is 0 Å². The van der Waals surface area contributed by atoms with Gasteiger partial charge in [0.25, 0.3) is 5.69 Å². The Bertz CT molecular complexity index is 463. The molecule has 0 bridgehead atoms. The van der Waals surface area contributed by atoms with Gasteiger partial charge < -0.3 is 10.0 Å². The molecule has 5 nitrogen and oxygen atoms in total. The number of hydrogen-bond donors (Lipinski definition) is 1. The topological polar surface area (TPSA) is 66.6 Å². The first-order valence-electron chi connectivity index (χ1n) is 5.40. The van der Waals surface area contributed by atoms with E-state index in [9.17, 15) is 23.3 Å². The Morgan fingerprint density at radius 2 is 2.05 bits per heavy atom. The largest absolute Gasteiger partial charge is 0.392 e. The van der Waals surface area contributed by atoms with Crippen molar-refractivity contribution >= 4 is 11.4 Å². The zero-order valence-electron chi connectivity index (χ0n) is 10.1. The van der Waals surface area contributed by atoms with E-state index in [1.165, 1.54) is 24.1 Å². The molecule has 1 rings (SSSR count). The Morgan fingerprint density at radius 3 is 2.53 bits per heavy atom. The van der Waals surface area contributed by atoms with Crippen molar-refractivity contribution in [2.24, 2.45) is 0 Å². The Balaban J connectivity index is 2.90. The molecule has 0 radical (unpaired) electrons. The molecule has 106 valence electrons. The van der Waals surface area contributed by atoms with E-state index in [1.54, 1.807) is 0 Å². The van der Waals surface area contributed by atoms with Crippen LogP contribution in [0.1, 0.15) is 12.0 Å². The highest BCUT2D eigenvalue weighted by molar-refractivity contribution is 5.57. The van der Waals surface area contributed by atoms with Crippen molar-refractivity contribution < 1.29 is 23.2 Å². The standard InChI is InChI=1S/C11H13F3N2O3/c1-15(5-4-11(12,13)14)10-3-2-9(16(18)19)6-8(10)7-17/h2-3,6,17H,4-5,7H2,1H3. The van der Waals surface area contributed by atoms with Gasteiger partial charge in [0.05, 0.1) is 18.0 Å². The molecular weight excluding hydrogens is 265 g/mol. The molecular formula is C11H13F3N2O3. The molecule has 8 heteroatoms. The average molecular weight is 278 g/mol. The summed E-state index contributed by atoms with van der Waals surface area (Å²) in [5.41, 5.74) is 0.355. The van der Waals surface area contributed by atoms with Crippen LogP contribution >= 0.6 is 0 Å². The van der Waals surface area contributed by atoms with Gasteiger partial charge in [0, 0.05) is 37.0 Å². The van der Waals surface area contributed by atoms with Crippen molar-refractivity contribution in [1.82, 2.24) is 0 Å². The summed E-state index contributed by atoms with van der Waals surface area (Å²) in [4.78, 5) is 11.3. The maximum absolute atomic E-state index is 12.1. The smallest absolute Gasteiger partial charge is 0.390 e. The quantitative estimate of drug-likeness (QED) is 0.663. The van der Waals surface area contributed by atoms with E-state index in [0.29, 0.717) is 5.69 Å². The zero-order chi connectivity index (χ0) is 14.6. The molecule has 1 N–H and O–H groups in total. The third kappa shape index (κ3) is 4.40. The number of rotatable bonds is 5. The lowest BCUT2D eigenvalue weighted by Gasteiger charge is -2.22. The van der Waals surface area contributed by atoms with E-state index in [0.717, 1.165) is 6.07 Å². The first-order valence-corrected chi connectivity index (χ1v) is 5.40. The predicted octanol–water partition coefficient (Wildman–Crippen LogP) is 2.48. The first kappa shape index (κ1) is 15.2. The molecule has 0 saturated carbocycles. The number of hydrogen-bond acceptors (Lipinski definition) is 4. The van der Waals surface area contributed by atoms with Gasteiger partial charge in [0.15, 0.2) is 0 Å². The van der Waals surface area contributed by atoms with Crippen molar-refractivity contribution in [3.8, 4) is 0 Å². The molecule has 0 spiro atoms. The molecule has 0 aromatic heterocycles.